The normalized spacial score (nSPS) is 15.7. The number of benzene rings is 2. The Morgan fingerprint density at radius 1 is 1.00 bits per heavy atom. The van der Waals surface area contributed by atoms with Crippen LogP contribution in [-0.4, -0.2) is 58.6 Å². The summed E-state index contributed by atoms with van der Waals surface area (Å²) >= 11 is 0. The number of piperidine rings is 1. The van der Waals surface area contributed by atoms with Crippen molar-refractivity contribution < 1.29 is 18.0 Å². The molecule has 1 saturated heterocycles. The molecule has 0 saturated carbocycles. The van der Waals surface area contributed by atoms with Gasteiger partial charge in [0.05, 0.1) is 11.9 Å². The largest absolute Gasteiger partial charge is 0.339 e. The molecule has 11 heteroatoms. The third-order valence-electron chi connectivity index (χ3n) is 8.05. The van der Waals surface area contributed by atoms with Gasteiger partial charge in [-0.1, -0.05) is 54.6 Å². The first-order valence-corrected chi connectivity index (χ1v) is 15.2. The molecular weight excluding hydrogens is 540 g/mol. The molecule has 2 aliphatic rings. The van der Waals surface area contributed by atoms with Gasteiger partial charge in [-0.2, -0.15) is 9.61 Å². The number of hydrogen-bond acceptors (Lipinski definition) is 7. The molecule has 1 aliphatic carbocycles. The van der Waals surface area contributed by atoms with Crippen LogP contribution >= 0.6 is 0 Å². The molecular formula is C30H30N6O4S. The van der Waals surface area contributed by atoms with Crippen LogP contribution in [0.4, 0.5) is 11.5 Å². The molecule has 1 aliphatic heterocycles. The van der Waals surface area contributed by atoms with Crippen LogP contribution in [0.25, 0.3) is 11.7 Å². The van der Waals surface area contributed by atoms with Crippen molar-refractivity contribution in [2.45, 2.75) is 32.1 Å². The van der Waals surface area contributed by atoms with Crippen molar-refractivity contribution in [1.82, 2.24) is 24.2 Å². The highest BCUT2D eigenvalue weighted by atomic mass is 32.2. The number of hydrogen-bond donors (Lipinski definition) is 2. The Morgan fingerprint density at radius 2 is 1.73 bits per heavy atom. The predicted octanol–water partition coefficient (Wildman–Crippen LogP) is 4.06. The zero-order valence-electron chi connectivity index (χ0n) is 22.8. The van der Waals surface area contributed by atoms with E-state index in [1.54, 1.807) is 0 Å². The maximum absolute atomic E-state index is 14.0. The van der Waals surface area contributed by atoms with Gasteiger partial charge in [-0.05, 0) is 49.4 Å². The van der Waals surface area contributed by atoms with Crippen molar-refractivity contribution in [3.8, 4) is 0 Å². The lowest BCUT2D eigenvalue weighted by Crippen LogP contribution is -2.44. The van der Waals surface area contributed by atoms with Crippen molar-refractivity contribution in [3.05, 3.63) is 94.8 Å². The van der Waals surface area contributed by atoms with E-state index >= 15 is 0 Å². The van der Waals surface area contributed by atoms with Crippen molar-refractivity contribution in [2.24, 2.45) is 0 Å². The molecule has 2 N–H and O–H groups in total. The van der Waals surface area contributed by atoms with Crippen LogP contribution in [0.15, 0.2) is 67.0 Å². The predicted molar refractivity (Wildman–Crippen MR) is 157 cm³/mol. The Bertz CT molecular complexity index is 1820. The highest BCUT2D eigenvalue weighted by Crippen LogP contribution is 2.44. The SMILES string of the molecule is CCS(=O)(=O)NC(=O)c1cnn2c(Nc3ccccc3C)c(C(=O)N3CCC4(C=Cc5ccccc54)CC3)cnc12. The first-order chi connectivity index (χ1) is 19.7. The Balaban J connectivity index is 1.35. The lowest BCUT2D eigenvalue weighted by molar-refractivity contribution is 0.0690. The van der Waals surface area contributed by atoms with E-state index in [1.165, 1.54) is 35.0 Å². The van der Waals surface area contributed by atoms with E-state index in [0.29, 0.717) is 24.5 Å². The number of likely N-dealkylation sites (tertiary alicyclic amines) is 1. The van der Waals surface area contributed by atoms with Crippen LogP contribution < -0.4 is 10.0 Å². The van der Waals surface area contributed by atoms with Gasteiger partial charge in [0.25, 0.3) is 11.8 Å². The zero-order chi connectivity index (χ0) is 28.8. The van der Waals surface area contributed by atoms with Gasteiger partial charge >= 0.3 is 0 Å². The second-order valence-electron chi connectivity index (χ2n) is 10.5. The molecule has 6 rings (SSSR count). The van der Waals surface area contributed by atoms with Crippen molar-refractivity contribution in [2.75, 3.05) is 24.2 Å². The molecule has 2 aromatic heterocycles. The average molecular weight is 571 g/mol. The topological polar surface area (TPSA) is 126 Å². The fourth-order valence-electron chi connectivity index (χ4n) is 5.63. The van der Waals surface area contributed by atoms with Gasteiger partial charge in [-0.3, -0.25) is 9.59 Å². The minimum Gasteiger partial charge on any atom is -0.339 e. The average Bonchev–Trinajstić information content (AvgIpc) is 3.57. The molecule has 1 spiro atoms. The Hall–Kier alpha value is -4.51. The number of aryl methyl sites for hydroxylation is 1. The number of anilines is 2. The molecule has 2 aromatic carbocycles. The van der Waals surface area contributed by atoms with E-state index in [2.05, 4.69) is 45.8 Å². The summed E-state index contributed by atoms with van der Waals surface area (Å²) in [6.45, 7) is 4.52. The number of rotatable bonds is 6. The smallest absolute Gasteiger partial charge is 0.270 e. The second kappa shape index (κ2) is 10.2. The van der Waals surface area contributed by atoms with Crippen LogP contribution in [-0.2, 0) is 15.4 Å². The lowest BCUT2D eigenvalue weighted by atomic mass is 9.74. The summed E-state index contributed by atoms with van der Waals surface area (Å²) in [5, 5.41) is 7.68. The maximum Gasteiger partial charge on any atom is 0.270 e. The molecule has 0 atom stereocenters. The van der Waals surface area contributed by atoms with Crippen LogP contribution in [0.5, 0.6) is 0 Å². The number of nitrogens with one attached hydrogen (secondary N) is 2. The monoisotopic (exact) mass is 570 g/mol. The van der Waals surface area contributed by atoms with E-state index in [4.69, 9.17) is 0 Å². The van der Waals surface area contributed by atoms with E-state index < -0.39 is 15.9 Å². The van der Waals surface area contributed by atoms with E-state index in [-0.39, 0.29) is 28.3 Å². The van der Waals surface area contributed by atoms with Gasteiger partial charge in [0.15, 0.2) is 5.65 Å². The van der Waals surface area contributed by atoms with Gasteiger partial charge in [-0.15, -0.1) is 0 Å². The van der Waals surface area contributed by atoms with Crippen molar-refractivity contribution in [3.63, 3.8) is 0 Å². The second-order valence-corrected chi connectivity index (χ2v) is 12.5. The molecule has 0 bridgehead atoms. The Morgan fingerprint density at radius 3 is 2.49 bits per heavy atom. The Labute approximate surface area is 238 Å². The molecule has 41 heavy (non-hydrogen) atoms. The minimum atomic E-state index is -3.79. The van der Waals surface area contributed by atoms with E-state index in [9.17, 15) is 18.0 Å². The van der Waals surface area contributed by atoms with E-state index in [0.717, 1.165) is 24.1 Å². The van der Waals surface area contributed by atoms with Crippen LogP contribution in [0, 0.1) is 6.92 Å². The number of carbonyl (C=O) groups excluding carboxylic acids is 2. The number of fused-ring (bicyclic) bond motifs is 3. The van der Waals surface area contributed by atoms with E-state index in [1.807, 2.05) is 46.9 Å². The fourth-order valence-corrected chi connectivity index (χ4v) is 6.16. The summed E-state index contributed by atoms with van der Waals surface area (Å²) in [4.78, 5) is 33.0. The molecule has 4 aromatic rings. The van der Waals surface area contributed by atoms with Crippen molar-refractivity contribution >= 4 is 45.1 Å². The zero-order valence-corrected chi connectivity index (χ0v) is 23.6. The summed E-state index contributed by atoms with van der Waals surface area (Å²) in [5.41, 5.74) is 4.60. The maximum atomic E-state index is 14.0. The Kier molecular flexibility index (Phi) is 6.61. The number of para-hydroxylation sites is 1. The molecule has 0 unspecified atom stereocenters. The molecule has 1 fully saturated rings. The third-order valence-corrected chi connectivity index (χ3v) is 9.31. The molecule has 0 radical (unpaired) electrons. The molecule has 3 heterocycles. The summed E-state index contributed by atoms with van der Waals surface area (Å²) in [5.74, 6) is -0.932. The number of nitrogens with zero attached hydrogens (tertiary/aromatic N) is 4. The molecule has 210 valence electrons. The van der Waals surface area contributed by atoms with Gasteiger partial charge < -0.3 is 10.2 Å². The first-order valence-electron chi connectivity index (χ1n) is 13.5. The minimum absolute atomic E-state index is 0.0135. The third kappa shape index (κ3) is 4.76. The van der Waals surface area contributed by atoms with Crippen LogP contribution in [0.2, 0.25) is 0 Å². The lowest BCUT2D eigenvalue weighted by Gasteiger charge is -2.39. The fraction of sp³-hybridized carbons (Fsp3) is 0.267. The van der Waals surface area contributed by atoms with Gasteiger partial charge in [0.1, 0.15) is 16.9 Å². The molecule has 2 amide bonds. The van der Waals surface area contributed by atoms with Crippen LogP contribution in [0.1, 0.15) is 57.2 Å². The van der Waals surface area contributed by atoms with Gasteiger partial charge in [0, 0.05) is 30.4 Å². The number of carbonyl (C=O) groups is 2. The van der Waals surface area contributed by atoms with Gasteiger partial charge in [-0.25, -0.2) is 18.1 Å². The first kappa shape index (κ1) is 26.7. The number of sulfonamides is 1. The number of amides is 2. The quantitative estimate of drug-likeness (QED) is 0.358. The van der Waals surface area contributed by atoms with Crippen molar-refractivity contribution in [1.29, 1.82) is 0 Å². The molecule has 10 nitrogen and oxygen atoms in total. The summed E-state index contributed by atoms with van der Waals surface area (Å²) in [6, 6.07) is 16.0. The number of allylic oxidation sites excluding steroid dienone is 1. The van der Waals surface area contributed by atoms with Gasteiger partial charge in [0.2, 0.25) is 10.0 Å². The standard InChI is InChI=1S/C30H30N6O4S/c1-3-41(39,40)34-28(37)22-19-32-36-26(22)31-18-23(27(36)33-25-11-7-4-8-20(25)2)29(38)35-16-14-30(15-17-35)13-12-21-9-5-6-10-24(21)30/h4-13,18-19,33H,3,14-17H2,1-2H3,(H,34,37). The highest BCUT2D eigenvalue weighted by molar-refractivity contribution is 7.90. The van der Waals surface area contributed by atoms with Crippen LogP contribution in [0.3, 0.4) is 0 Å². The summed E-state index contributed by atoms with van der Waals surface area (Å²) in [6.07, 6.45) is 8.75. The summed E-state index contributed by atoms with van der Waals surface area (Å²) in [7, 11) is -3.79. The highest BCUT2D eigenvalue weighted by Gasteiger charge is 2.39. The number of aromatic nitrogens is 3. The summed E-state index contributed by atoms with van der Waals surface area (Å²) < 4.78 is 27.5.